The van der Waals surface area contributed by atoms with Crippen LogP contribution in [0, 0.1) is 11.2 Å². The summed E-state index contributed by atoms with van der Waals surface area (Å²) in [5.74, 6) is -0.417. The van der Waals surface area contributed by atoms with E-state index < -0.39 is 5.82 Å². The topological polar surface area (TPSA) is 66.3 Å². The monoisotopic (exact) mass is 380 g/mol. The number of hydrogen-bond acceptors (Lipinski definition) is 4. The molecule has 1 N–H and O–H groups in total. The normalized spacial score (nSPS) is 16.9. The number of aromatic nitrogens is 3. The van der Waals surface area contributed by atoms with Crippen molar-refractivity contribution in [3.8, 4) is 5.69 Å². The van der Waals surface area contributed by atoms with Crippen molar-refractivity contribution in [1.82, 2.24) is 19.7 Å². The SMILES string of the molecule is CN(C)c1cnc2nn(-c3cc(NC(=O)N4CC5(CC5)C4)ccc3F)cc2c1. The molecule has 2 fully saturated rings. The molecule has 1 saturated carbocycles. The summed E-state index contributed by atoms with van der Waals surface area (Å²) in [6, 6.07) is 6.31. The Bertz CT molecular complexity index is 1080. The predicted octanol–water partition coefficient (Wildman–Crippen LogP) is 3.25. The van der Waals surface area contributed by atoms with E-state index in [4.69, 9.17) is 0 Å². The molecule has 3 heterocycles. The molecule has 28 heavy (non-hydrogen) atoms. The van der Waals surface area contributed by atoms with Crippen LogP contribution in [0.1, 0.15) is 12.8 Å². The number of pyridine rings is 1. The van der Waals surface area contributed by atoms with Crippen LogP contribution in [0.2, 0.25) is 0 Å². The number of carbonyl (C=O) groups is 1. The number of likely N-dealkylation sites (tertiary alicyclic amines) is 1. The van der Waals surface area contributed by atoms with Gasteiger partial charge in [-0.05, 0) is 37.1 Å². The average Bonchev–Trinajstić information content (AvgIpc) is 3.34. The van der Waals surface area contributed by atoms with Gasteiger partial charge in [0.05, 0.1) is 11.9 Å². The number of fused-ring (bicyclic) bond motifs is 1. The van der Waals surface area contributed by atoms with E-state index in [0.717, 1.165) is 24.2 Å². The summed E-state index contributed by atoms with van der Waals surface area (Å²) >= 11 is 0. The van der Waals surface area contributed by atoms with E-state index in [1.165, 1.54) is 23.6 Å². The Kier molecular flexibility index (Phi) is 3.59. The molecule has 0 radical (unpaired) electrons. The molecule has 144 valence electrons. The summed E-state index contributed by atoms with van der Waals surface area (Å²) in [6.45, 7) is 1.63. The molecule has 0 atom stereocenters. The zero-order valence-electron chi connectivity index (χ0n) is 15.8. The lowest BCUT2D eigenvalue weighted by Gasteiger charge is -2.39. The maximum absolute atomic E-state index is 14.5. The van der Waals surface area contributed by atoms with Crippen molar-refractivity contribution in [2.75, 3.05) is 37.4 Å². The van der Waals surface area contributed by atoms with Gasteiger partial charge in [0.25, 0.3) is 0 Å². The van der Waals surface area contributed by atoms with Crippen molar-refractivity contribution in [2.45, 2.75) is 12.8 Å². The van der Waals surface area contributed by atoms with Crippen LogP contribution < -0.4 is 10.2 Å². The Balaban J connectivity index is 1.40. The first-order chi connectivity index (χ1) is 13.4. The van der Waals surface area contributed by atoms with Gasteiger partial charge in [-0.2, -0.15) is 0 Å². The molecule has 1 saturated heterocycles. The number of nitrogens with one attached hydrogen (secondary N) is 1. The third-order valence-electron chi connectivity index (χ3n) is 5.60. The highest BCUT2D eigenvalue weighted by molar-refractivity contribution is 5.90. The van der Waals surface area contributed by atoms with Crippen molar-refractivity contribution in [2.24, 2.45) is 5.41 Å². The average molecular weight is 380 g/mol. The fraction of sp³-hybridized carbons (Fsp3) is 0.350. The lowest BCUT2D eigenvalue weighted by molar-refractivity contribution is 0.116. The molecule has 1 aliphatic carbocycles. The second-order valence-electron chi connectivity index (χ2n) is 8.03. The quantitative estimate of drug-likeness (QED) is 0.758. The van der Waals surface area contributed by atoms with Crippen LogP contribution >= 0.6 is 0 Å². The summed E-state index contributed by atoms with van der Waals surface area (Å²) in [4.78, 5) is 20.5. The summed E-state index contributed by atoms with van der Waals surface area (Å²) in [5, 5.41) is 8.05. The van der Waals surface area contributed by atoms with Gasteiger partial charge in [0, 0.05) is 49.9 Å². The van der Waals surface area contributed by atoms with Crippen LogP contribution in [-0.4, -0.2) is 52.9 Å². The number of nitrogens with zero attached hydrogens (tertiary/aromatic N) is 5. The fourth-order valence-corrected chi connectivity index (χ4v) is 3.64. The Hall–Kier alpha value is -3.16. The fourth-order valence-electron chi connectivity index (χ4n) is 3.64. The van der Waals surface area contributed by atoms with E-state index in [2.05, 4.69) is 15.4 Å². The number of carbonyl (C=O) groups excluding carboxylic acids is 1. The van der Waals surface area contributed by atoms with E-state index in [-0.39, 0.29) is 11.7 Å². The molecule has 0 bridgehead atoms. The zero-order chi connectivity index (χ0) is 19.5. The maximum atomic E-state index is 14.5. The van der Waals surface area contributed by atoms with E-state index in [9.17, 15) is 9.18 Å². The van der Waals surface area contributed by atoms with Crippen LogP contribution in [0.5, 0.6) is 0 Å². The Morgan fingerprint density at radius 1 is 1.25 bits per heavy atom. The second-order valence-corrected chi connectivity index (χ2v) is 8.03. The standard InChI is InChI=1S/C20H21FN6O/c1-25(2)15-7-13-10-27(24-18(13)22-9-15)17-8-14(3-4-16(17)21)23-19(28)26-11-20(12-26)5-6-20/h3-4,7-10H,5-6,11-12H2,1-2H3,(H,23,28). The van der Waals surface area contributed by atoms with Gasteiger partial charge in [0.1, 0.15) is 11.5 Å². The van der Waals surface area contributed by atoms with Gasteiger partial charge in [0.15, 0.2) is 5.65 Å². The zero-order valence-corrected chi connectivity index (χ0v) is 15.8. The molecule has 2 aromatic heterocycles. The van der Waals surface area contributed by atoms with Gasteiger partial charge in [0.2, 0.25) is 0 Å². The summed E-state index contributed by atoms with van der Waals surface area (Å²) < 4.78 is 15.9. The molecule has 1 aliphatic heterocycles. The predicted molar refractivity (Wildman–Crippen MR) is 105 cm³/mol. The molecule has 5 rings (SSSR count). The van der Waals surface area contributed by atoms with Crippen molar-refractivity contribution >= 4 is 28.4 Å². The first-order valence-corrected chi connectivity index (χ1v) is 9.31. The van der Waals surface area contributed by atoms with Gasteiger partial charge in [-0.15, -0.1) is 5.10 Å². The molecule has 1 aromatic carbocycles. The van der Waals surface area contributed by atoms with Crippen molar-refractivity contribution in [3.63, 3.8) is 0 Å². The third-order valence-corrected chi connectivity index (χ3v) is 5.60. The maximum Gasteiger partial charge on any atom is 0.321 e. The van der Waals surface area contributed by atoms with Gasteiger partial charge in [-0.3, -0.25) is 0 Å². The van der Waals surface area contributed by atoms with Crippen molar-refractivity contribution in [3.05, 3.63) is 42.5 Å². The molecule has 8 heteroatoms. The van der Waals surface area contributed by atoms with Crippen molar-refractivity contribution in [1.29, 1.82) is 0 Å². The van der Waals surface area contributed by atoms with E-state index >= 15 is 0 Å². The minimum absolute atomic E-state index is 0.141. The first kappa shape index (κ1) is 17.0. The van der Waals surface area contributed by atoms with Gasteiger partial charge < -0.3 is 15.1 Å². The molecule has 2 amide bonds. The molecular formula is C20H21FN6O. The Morgan fingerprint density at radius 2 is 2.04 bits per heavy atom. The lowest BCUT2D eigenvalue weighted by Crippen LogP contribution is -2.53. The van der Waals surface area contributed by atoms with Gasteiger partial charge in [-0.25, -0.2) is 18.9 Å². The highest BCUT2D eigenvalue weighted by Crippen LogP contribution is 2.52. The molecule has 3 aromatic rings. The van der Waals surface area contributed by atoms with Crippen LogP contribution in [0.3, 0.4) is 0 Å². The van der Waals surface area contributed by atoms with Crippen molar-refractivity contribution < 1.29 is 9.18 Å². The number of rotatable bonds is 3. The molecular weight excluding hydrogens is 359 g/mol. The van der Waals surface area contributed by atoms with Crippen LogP contribution in [0.4, 0.5) is 20.6 Å². The van der Waals surface area contributed by atoms with E-state index in [0.29, 0.717) is 16.7 Å². The Labute approximate surface area is 161 Å². The highest BCUT2D eigenvalue weighted by atomic mass is 19.1. The summed E-state index contributed by atoms with van der Waals surface area (Å²) in [5.41, 5.74) is 2.69. The third kappa shape index (κ3) is 2.85. The number of urea groups is 1. The number of halogens is 1. The van der Waals surface area contributed by atoms with Crippen LogP contribution in [0.15, 0.2) is 36.7 Å². The Morgan fingerprint density at radius 3 is 2.75 bits per heavy atom. The van der Waals surface area contributed by atoms with E-state index in [1.807, 2.05) is 25.1 Å². The molecule has 7 nitrogen and oxygen atoms in total. The van der Waals surface area contributed by atoms with Crippen LogP contribution in [-0.2, 0) is 0 Å². The number of amides is 2. The summed E-state index contributed by atoms with van der Waals surface area (Å²) in [7, 11) is 3.87. The lowest BCUT2D eigenvalue weighted by atomic mass is 9.98. The molecule has 0 unspecified atom stereocenters. The number of hydrogen-bond donors (Lipinski definition) is 1. The second kappa shape index (κ2) is 5.92. The molecule has 1 spiro atoms. The minimum atomic E-state index is -0.417. The van der Waals surface area contributed by atoms with Crippen LogP contribution in [0.25, 0.3) is 16.7 Å². The summed E-state index contributed by atoms with van der Waals surface area (Å²) in [6.07, 6.45) is 5.90. The number of anilines is 2. The number of benzene rings is 1. The smallest absolute Gasteiger partial charge is 0.321 e. The van der Waals surface area contributed by atoms with E-state index in [1.54, 1.807) is 29.4 Å². The highest BCUT2D eigenvalue weighted by Gasteiger charge is 2.53. The molecule has 2 aliphatic rings. The minimum Gasteiger partial charge on any atom is -0.376 e. The van der Waals surface area contributed by atoms with Gasteiger partial charge in [-0.1, -0.05) is 0 Å². The van der Waals surface area contributed by atoms with Gasteiger partial charge >= 0.3 is 6.03 Å². The first-order valence-electron chi connectivity index (χ1n) is 9.31. The largest absolute Gasteiger partial charge is 0.376 e.